The molecule has 0 fully saturated rings. The van der Waals surface area contributed by atoms with E-state index in [1.807, 2.05) is 6.07 Å². The molecule has 1 aliphatic rings. The van der Waals surface area contributed by atoms with Gasteiger partial charge in [-0.3, -0.25) is 4.99 Å². The van der Waals surface area contributed by atoms with Crippen molar-refractivity contribution in [3.63, 3.8) is 0 Å². The van der Waals surface area contributed by atoms with E-state index in [1.54, 1.807) is 0 Å². The van der Waals surface area contributed by atoms with Gasteiger partial charge in [0.2, 0.25) is 0 Å². The average Bonchev–Trinajstić information content (AvgIpc) is 2.49. The van der Waals surface area contributed by atoms with Gasteiger partial charge in [0.15, 0.2) is 0 Å². The largest absolute Gasteiger partial charge is 0.276 e. The van der Waals surface area contributed by atoms with Gasteiger partial charge in [-0.2, -0.15) is 0 Å². The predicted octanol–water partition coefficient (Wildman–Crippen LogP) is 4.42. The Morgan fingerprint density at radius 3 is 2.16 bits per heavy atom. The molecule has 0 saturated carbocycles. The van der Waals surface area contributed by atoms with E-state index < -0.39 is 0 Å². The summed E-state index contributed by atoms with van der Waals surface area (Å²) in [6.45, 7) is 2.22. The van der Waals surface area contributed by atoms with Crippen molar-refractivity contribution in [1.29, 1.82) is 0 Å². The van der Waals surface area contributed by atoms with E-state index in [0.717, 1.165) is 5.71 Å². The van der Waals surface area contributed by atoms with Crippen LogP contribution in [0, 0.1) is 5.92 Å². The molecule has 0 saturated heterocycles. The molecule has 0 amide bonds. The fourth-order valence-electron chi connectivity index (χ4n) is 2.47. The van der Waals surface area contributed by atoms with Gasteiger partial charge in [0.1, 0.15) is 0 Å². The Hall–Kier alpha value is -2.15. The van der Waals surface area contributed by atoms with Gasteiger partial charge in [-0.05, 0) is 17.2 Å². The molecule has 0 N–H and O–H groups in total. The first kappa shape index (κ1) is 11.9. The Balaban J connectivity index is 1.98. The Kier molecular flexibility index (Phi) is 3.28. The molecule has 0 radical (unpaired) electrons. The fraction of sp³-hybridized carbons (Fsp3) is 0.167. The second kappa shape index (κ2) is 5.23. The van der Waals surface area contributed by atoms with Crippen LogP contribution < -0.4 is 0 Å². The third kappa shape index (κ3) is 2.50. The summed E-state index contributed by atoms with van der Waals surface area (Å²) >= 11 is 0. The lowest BCUT2D eigenvalue weighted by atomic mass is 9.91. The predicted molar refractivity (Wildman–Crippen MR) is 80.5 cm³/mol. The molecular weight excluding hydrogens is 230 g/mol. The molecule has 1 aliphatic heterocycles. The second-order valence-corrected chi connectivity index (χ2v) is 4.95. The van der Waals surface area contributed by atoms with Gasteiger partial charge in [0, 0.05) is 5.92 Å². The van der Waals surface area contributed by atoms with E-state index in [0.29, 0.717) is 5.92 Å². The monoisotopic (exact) mass is 247 g/mol. The number of dihydropyridines is 1. The normalized spacial score (nSPS) is 22.1. The maximum atomic E-state index is 4.93. The molecule has 19 heavy (non-hydrogen) atoms. The highest BCUT2D eigenvalue weighted by molar-refractivity contribution is 6.09. The van der Waals surface area contributed by atoms with Crippen LogP contribution in [0.1, 0.15) is 24.1 Å². The van der Waals surface area contributed by atoms with Crippen molar-refractivity contribution < 1.29 is 0 Å². The van der Waals surface area contributed by atoms with Crippen molar-refractivity contribution in [3.8, 4) is 0 Å². The zero-order valence-electron chi connectivity index (χ0n) is 11.0. The summed E-state index contributed by atoms with van der Waals surface area (Å²) in [4.78, 5) is 4.93. The highest BCUT2D eigenvalue weighted by Crippen LogP contribution is 2.30. The number of aliphatic imine (C=N–C) groups is 1. The number of rotatable bonds is 2. The zero-order valence-corrected chi connectivity index (χ0v) is 11.0. The quantitative estimate of drug-likeness (QED) is 0.744. The van der Waals surface area contributed by atoms with Gasteiger partial charge < -0.3 is 0 Å². The molecule has 2 atom stereocenters. The number of benzene rings is 2. The van der Waals surface area contributed by atoms with Crippen LogP contribution in [0.5, 0.6) is 0 Å². The molecule has 2 aromatic carbocycles. The standard InChI is InChI=1S/C18H17N/c1-14-12-13-17(15-8-4-2-5-9-15)19-18(14)16-10-6-3-7-11-16/h2-14,18H,1H3. The Labute approximate surface area is 114 Å². The van der Waals surface area contributed by atoms with Gasteiger partial charge in [-0.1, -0.05) is 73.7 Å². The van der Waals surface area contributed by atoms with Crippen molar-refractivity contribution in [2.24, 2.45) is 10.9 Å². The number of nitrogens with zero attached hydrogens (tertiary/aromatic N) is 1. The van der Waals surface area contributed by atoms with Gasteiger partial charge in [0.05, 0.1) is 11.8 Å². The zero-order chi connectivity index (χ0) is 13.1. The van der Waals surface area contributed by atoms with E-state index in [-0.39, 0.29) is 6.04 Å². The summed E-state index contributed by atoms with van der Waals surface area (Å²) in [7, 11) is 0. The first-order valence-electron chi connectivity index (χ1n) is 6.71. The molecule has 2 aromatic rings. The molecular formula is C18H17N. The summed E-state index contributed by atoms with van der Waals surface area (Å²) in [5.41, 5.74) is 3.55. The first-order chi connectivity index (χ1) is 9.34. The lowest BCUT2D eigenvalue weighted by Crippen LogP contribution is -2.13. The highest BCUT2D eigenvalue weighted by Gasteiger charge is 2.20. The van der Waals surface area contributed by atoms with Crippen molar-refractivity contribution in [2.75, 3.05) is 0 Å². The Morgan fingerprint density at radius 2 is 1.47 bits per heavy atom. The maximum absolute atomic E-state index is 4.93. The van der Waals surface area contributed by atoms with Gasteiger partial charge in [-0.15, -0.1) is 0 Å². The van der Waals surface area contributed by atoms with Crippen molar-refractivity contribution >= 4 is 5.71 Å². The highest BCUT2D eigenvalue weighted by atomic mass is 14.8. The molecule has 3 rings (SSSR count). The van der Waals surface area contributed by atoms with Crippen LogP contribution in [0.25, 0.3) is 0 Å². The maximum Gasteiger partial charge on any atom is 0.0816 e. The summed E-state index contributed by atoms with van der Waals surface area (Å²) in [6.07, 6.45) is 4.40. The SMILES string of the molecule is CC1C=CC(c2ccccc2)=NC1c1ccccc1. The van der Waals surface area contributed by atoms with Gasteiger partial charge in [-0.25, -0.2) is 0 Å². The molecule has 1 nitrogen and oxygen atoms in total. The molecule has 1 heteroatoms. The smallest absolute Gasteiger partial charge is 0.0816 e. The fourth-order valence-corrected chi connectivity index (χ4v) is 2.47. The number of hydrogen-bond acceptors (Lipinski definition) is 1. The van der Waals surface area contributed by atoms with Crippen molar-refractivity contribution in [3.05, 3.63) is 83.9 Å². The lowest BCUT2D eigenvalue weighted by molar-refractivity contribution is 0.564. The van der Waals surface area contributed by atoms with E-state index >= 15 is 0 Å². The Morgan fingerprint density at radius 1 is 0.842 bits per heavy atom. The van der Waals surface area contributed by atoms with Gasteiger partial charge in [0.25, 0.3) is 0 Å². The third-order valence-corrected chi connectivity index (χ3v) is 3.54. The second-order valence-electron chi connectivity index (χ2n) is 4.95. The van der Waals surface area contributed by atoms with Crippen LogP contribution in [0.2, 0.25) is 0 Å². The summed E-state index contributed by atoms with van der Waals surface area (Å²) in [5.74, 6) is 0.440. The van der Waals surface area contributed by atoms with Crippen molar-refractivity contribution in [2.45, 2.75) is 13.0 Å². The number of allylic oxidation sites excluding steroid dienone is 1. The minimum atomic E-state index is 0.224. The van der Waals surface area contributed by atoms with Crippen LogP contribution in [-0.2, 0) is 0 Å². The van der Waals surface area contributed by atoms with E-state index in [2.05, 4.69) is 73.7 Å². The van der Waals surface area contributed by atoms with Crippen LogP contribution in [0.15, 0.2) is 77.8 Å². The third-order valence-electron chi connectivity index (χ3n) is 3.54. The summed E-state index contributed by atoms with van der Waals surface area (Å²) in [6, 6.07) is 21.1. The lowest BCUT2D eigenvalue weighted by Gasteiger charge is -2.23. The first-order valence-corrected chi connectivity index (χ1v) is 6.71. The van der Waals surface area contributed by atoms with Crippen LogP contribution >= 0.6 is 0 Å². The molecule has 0 spiro atoms. The molecule has 0 aliphatic carbocycles. The topological polar surface area (TPSA) is 12.4 Å². The summed E-state index contributed by atoms with van der Waals surface area (Å²) < 4.78 is 0. The Bertz CT molecular complexity index is 596. The van der Waals surface area contributed by atoms with Crippen molar-refractivity contribution in [1.82, 2.24) is 0 Å². The van der Waals surface area contributed by atoms with Gasteiger partial charge >= 0.3 is 0 Å². The number of hydrogen-bond donors (Lipinski definition) is 0. The van der Waals surface area contributed by atoms with E-state index in [4.69, 9.17) is 4.99 Å². The molecule has 2 unspecified atom stereocenters. The van der Waals surface area contributed by atoms with E-state index in [9.17, 15) is 0 Å². The van der Waals surface area contributed by atoms with Crippen LogP contribution in [-0.4, -0.2) is 5.71 Å². The minimum absolute atomic E-state index is 0.224. The average molecular weight is 247 g/mol. The van der Waals surface area contributed by atoms with Crippen LogP contribution in [0.3, 0.4) is 0 Å². The molecule has 0 aromatic heterocycles. The van der Waals surface area contributed by atoms with Crippen LogP contribution in [0.4, 0.5) is 0 Å². The minimum Gasteiger partial charge on any atom is -0.276 e. The molecule has 0 bridgehead atoms. The molecule has 1 heterocycles. The molecule has 94 valence electrons. The summed E-state index contributed by atoms with van der Waals surface area (Å²) in [5, 5.41) is 0. The van der Waals surface area contributed by atoms with E-state index in [1.165, 1.54) is 11.1 Å².